The molecule has 116 valence electrons. The third kappa shape index (κ3) is 4.02. The van der Waals surface area contributed by atoms with E-state index < -0.39 is 22.9 Å². The molecule has 2 aromatic carbocycles. The lowest BCUT2D eigenvalue weighted by molar-refractivity contribution is -0.137. The molecule has 0 radical (unpaired) electrons. The molecule has 1 unspecified atom stereocenters. The maximum absolute atomic E-state index is 12.5. The summed E-state index contributed by atoms with van der Waals surface area (Å²) in [5, 5.41) is 8.07. The van der Waals surface area contributed by atoms with Crippen molar-refractivity contribution in [2.75, 3.05) is 0 Å². The first-order chi connectivity index (χ1) is 10.4. The molecule has 0 saturated carbocycles. The van der Waals surface area contributed by atoms with Crippen LogP contribution in [0.15, 0.2) is 59.5 Å². The minimum atomic E-state index is -4.40. The molecule has 0 aliphatic carbocycles. The second-order valence-corrected chi connectivity index (χ2v) is 5.59. The fourth-order valence-corrected chi connectivity index (χ4v) is 2.84. The van der Waals surface area contributed by atoms with Gasteiger partial charge in [0.05, 0.1) is 5.56 Å². The number of benzene rings is 2. The van der Waals surface area contributed by atoms with Crippen LogP contribution in [0.5, 0.6) is 0 Å². The van der Waals surface area contributed by atoms with Gasteiger partial charge in [-0.25, -0.2) is 5.48 Å². The van der Waals surface area contributed by atoms with Gasteiger partial charge in [-0.05, 0) is 29.8 Å². The molecule has 0 aliphatic heterocycles. The molecule has 0 fully saturated rings. The molecular formula is C15H12F3NO2S. The van der Waals surface area contributed by atoms with E-state index in [1.807, 2.05) is 0 Å². The van der Waals surface area contributed by atoms with E-state index in [2.05, 4.69) is 0 Å². The minimum Gasteiger partial charge on any atom is -0.289 e. The first-order valence-electron chi connectivity index (χ1n) is 6.24. The van der Waals surface area contributed by atoms with Gasteiger partial charge in [0, 0.05) is 4.90 Å². The van der Waals surface area contributed by atoms with Crippen molar-refractivity contribution in [3.05, 3.63) is 65.7 Å². The molecule has 1 amide bonds. The average molecular weight is 327 g/mol. The van der Waals surface area contributed by atoms with Crippen LogP contribution < -0.4 is 5.48 Å². The number of hydroxylamine groups is 1. The van der Waals surface area contributed by atoms with Crippen LogP contribution in [0, 0.1) is 0 Å². The monoisotopic (exact) mass is 327 g/mol. The van der Waals surface area contributed by atoms with Gasteiger partial charge in [-0.2, -0.15) is 13.2 Å². The van der Waals surface area contributed by atoms with Gasteiger partial charge in [-0.3, -0.25) is 10.0 Å². The van der Waals surface area contributed by atoms with Crippen molar-refractivity contribution in [1.29, 1.82) is 0 Å². The van der Waals surface area contributed by atoms with Crippen LogP contribution in [-0.2, 0) is 11.0 Å². The fourth-order valence-electron chi connectivity index (χ4n) is 1.82. The smallest absolute Gasteiger partial charge is 0.289 e. The highest BCUT2D eigenvalue weighted by molar-refractivity contribution is 8.00. The molecular weight excluding hydrogens is 315 g/mol. The first kappa shape index (κ1) is 16.4. The van der Waals surface area contributed by atoms with Crippen molar-refractivity contribution >= 4 is 17.7 Å². The number of rotatable bonds is 4. The Bertz CT molecular complexity index is 629. The molecule has 0 spiro atoms. The SMILES string of the molecule is O=C(NO)C(Sc1ccc(C(F)(F)F)cc1)c1ccccc1. The van der Waals surface area contributed by atoms with Gasteiger partial charge in [0.2, 0.25) is 0 Å². The second-order valence-electron chi connectivity index (χ2n) is 4.41. The number of carbonyl (C=O) groups excluding carboxylic acids is 1. The van der Waals surface area contributed by atoms with E-state index in [9.17, 15) is 18.0 Å². The number of alkyl halides is 3. The van der Waals surface area contributed by atoms with E-state index in [0.717, 1.165) is 23.9 Å². The molecule has 0 heterocycles. The van der Waals surface area contributed by atoms with E-state index >= 15 is 0 Å². The van der Waals surface area contributed by atoms with Crippen molar-refractivity contribution in [3.63, 3.8) is 0 Å². The molecule has 2 N–H and O–H groups in total. The second kappa shape index (κ2) is 6.85. The zero-order valence-corrected chi connectivity index (χ0v) is 12.0. The number of amides is 1. The van der Waals surface area contributed by atoms with Crippen LogP contribution in [0.4, 0.5) is 13.2 Å². The van der Waals surface area contributed by atoms with E-state index in [0.29, 0.717) is 10.5 Å². The number of thioether (sulfide) groups is 1. The Labute approximate surface area is 129 Å². The predicted octanol–water partition coefficient (Wildman–Crippen LogP) is 4.04. The highest BCUT2D eigenvalue weighted by Crippen LogP contribution is 2.37. The molecule has 0 bridgehead atoms. The lowest BCUT2D eigenvalue weighted by atomic mass is 10.1. The molecule has 2 rings (SSSR count). The summed E-state index contributed by atoms with van der Waals surface area (Å²) in [7, 11) is 0. The Morgan fingerprint density at radius 3 is 2.14 bits per heavy atom. The number of nitrogens with one attached hydrogen (secondary N) is 1. The van der Waals surface area contributed by atoms with Gasteiger partial charge in [-0.15, -0.1) is 11.8 Å². The third-order valence-electron chi connectivity index (χ3n) is 2.89. The fraction of sp³-hybridized carbons (Fsp3) is 0.133. The zero-order valence-electron chi connectivity index (χ0n) is 11.2. The summed E-state index contributed by atoms with van der Waals surface area (Å²) in [6, 6.07) is 13.2. The summed E-state index contributed by atoms with van der Waals surface area (Å²) in [5.74, 6) is -0.643. The summed E-state index contributed by atoms with van der Waals surface area (Å²) in [5.41, 5.74) is 1.47. The molecule has 0 aliphatic rings. The van der Waals surface area contributed by atoms with Crippen molar-refractivity contribution in [2.45, 2.75) is 16.3 Å². The molecule has 2 aromatic rings. The van der Waals surface area contributed by atoms with Crippen molar-refractivity contribution in [3.8, 4) is 0 Å². The van der Waals surface area contributed by atoms with Crippen molar-refractivity contribution in [2.24, 2.45) is 0 Å². The normalized spacial score (nSPS) is 12.7. The Balaban J connectivity index is 2.23. The summed E-state index contributed by atoms with van der Waals surface area (Å²) in [4.78, 5) is 12.3. The predicted molar refractivity (Wildman–Crippen MR) is 76.4 cm³/mol. The molecule has 1 atom stereocenters. The Kier molecular flexibility index (Phi) is 5.10. The van der Waals surface area contributed by atoms with Gasteiger partial charge in [0.15, 0.2) is 0 Å². The highest BCUT2D eigenvalue weighted by Gasteiger charge is 2.30. The Morgan fingerprint density at radius 2 is 1.64 bits per heavy atom. The molecule has 0 aromatic heterocycles. The van der Waals surface area contributed by atoms with Gasteiger partial charge in [0.1, 0.15) is 5.25 Å². The molecule has 7 heteroatoms. The quantitative estimate of drug-likeness (QED) is 0.506. The number of hydrogen-bond acceptors (Lipinski definition) is 3. The van der Waals surface area contributed by atoms with Crippen LogP contribution in [0.1, 0.15) is 16.4 Å². The molecule has 3 nitrogen and oxygen atoms in total. The largest absolute Gasteiger partial charge is 0.416 e. The lowest BCUT2D eigenvalue weighted by Gasteiger charge is -2.15. The lowest BCUT2D eigenvalue weighted by Crippen LogP contribution is -2.24. The number of carbonyl (C=O) groups is 1. The van der Waals surface area contributed by atoms with Gasteiger partial charge in [-0.1, -0.05) is 30.3 Å². The van der Waals surface area contributed by atoms with Crippen LogP contribution in [0.3, 0.4) is 0 Å². The van der Waals surface area contributed by atoms with E-state index in [1.54, 1.807) is 35.8 Å². The topological polar surface area (TPSA) is 49.3 Å². The highest BCUT2D eigenvalue weighted by atomic mass is 32.2. The number of halogens is 3. The summed E-state index contributed by atoms with van der Waals surface area (Å²) in [6.45, 7) is 0. The first-order valence-corrected chi connectivity index (χ1v) is 7.12. The van der Waals surface area contributed by atoms with Crippen LogP contribution in [0.25, 0.3) is 0 Å². The summed E-state index contributed by atoms with van der Waals surface area (Å²) in [6.07, 6.45) is -4.40. The average Bonchev–Trinajstić information content (AvgIpc) is 2.52. The maximum atomic E-state index is 12.5. The van der Waals surface area contributed by atoms with E-state index in [1.165, 1.54) is 12.1 Å². The standard InChI is InChI=1S/C15H12F3NO2S/c16-15(17,18)11-6-8-12(9-7-11)22-13(14(20)19-21)10-4-2-1-3-5-10/h1-9,13,21H,(H,19,20). The van der Waals surface area contributed by atoms with Crippen LogP contribution in [-0.4, -0.2) is 11.1 Å². The van der Waals surface area contributed by atoms with E-state index in [4.69, 9.17) is 5.21 Å². The van der Waals surface area contributed by atoms with Crippen LogP contribution in [0.2, 0.25) is 0 Å². The van der Waals surface area contributed by atoms with Crippen molar-refractivity contribution in [1.82, 2.24) is 5.48 Å². The molecule has 22 heavy (non-hydrogen) atoms. The Hall–Kier alpha value is -1.99. The van der Waals surface area contributed by atoms with Gasteiger partial charge < -0.3 is 0 Å². The maximum Gasteiger partial charge on any atom is 0.416 e. The van der Waals surface area contributed by atoms with E-state index in [-0.39, 0.29) is 0 Å². The van der Waals surface area contributed by atoms with Gasteiger partial charge in [0.25, 0.3) is 5.91 Å². The third-order valence-corrected chi connectivity index (χ3v) is 4.15. The summed E-state index contributed by atoms with van der Waals surface area (Å²) >= 11 is 1.05. The van der Waals surface area contributed by atoms with Gasteiger partial charge >= 0.3 is 6.18 Å². The van der Waals surface area contributed by atoms with Crippen molar-refractivity contribution < 1.29 is 23.2 Å². The summed E-state index contributed by atoms with van der Waals surface area (Å²) < 4.78 is 37.6. The van der Waals surface area contributed by atoms with Crippen LogP contribution >= 0.6 is 11.8 Å². The number of hydrogen-bond donors (Lipinski definition) is 2. The zero-order chi connectivity index (χ0) is 16.2. The Morgan fingerprint density at radius 1 is 1.05 bits per heavy atom. The molecule has 0 saturated heterocycles. The minimum absolute atomic E-state index is 0.491.